The molecule has 3 nitrogen and oxygen atoms in total. The number of rotatable bonds is 5. The molecular weight excluding hydrogens is 269 g/mol. The van der Waals surface area contributed by atoms with E-state index in [1.807, 2.05) is 32.0 Å². The van der Waals surface area contributed by atoms with Gasteiger partial charge in [0.05, 0.1) is 20.3 Å². The second-order valence-electron chi connectivity index (χ2n) is 4.96. The lowest BCUT2D eigenvalue weighted by atomic mass is 10.0. The summed E-state index contributed by atoms with van der Waals surface area (Å²) in [7, 11) is 3.11. The molecule has 0 aliphatic rings. The van der Waals surface area contributed by atoms with Crippen molar-refractivity contribution < 1.29 is 13.9 Å². The van der Waals surface area contributed by atoms with E-state index in [0.29, 0.717) is 0 Å². The lowest BCUT2D eigenvalue weighted by Gasteiger charge is -2.19. The molecule has 0 fully saturated rings. The maximum Gasteiger partial charge on any atom is 0.165 e. The summed E-state index contributed by atoms with van der Waals surface area (Å²) in [5.74, 6) is 0.691. The first kappa shape index (κ1) is 15.2. The van der Waals surface area contributed by atoms with Crippen molar-refractivity contribution >= 4 is 5.69 Å². The number of aryl methyl sites for hydroxylation is 1. The van der Waals surface area contributed by atoms with E-state index in [2.05, 4.69) is 5.32 Å². The van der Waals surface area contributed by atoms with E-state index in [-0.39, 0.29) is 17.6 Å². The predicted octanol–water partition coefficient (Wildman–Crippen LogP) is 4.32. The highest BCUT2D eigenvalue weighted by molar-refractivity contribution is 5.52. The first-order valence-electron chi connectivity index (χ1n) is 6.79. The average molecular weight is 289 g/mol. The molecule has 1 N–H and O–H groups in total. The molecule has 112 valence electrons. The van der Waals surface area contributed by atoms with Crippen molar-refractivity contribution in [2.24, 2.45) is 0 Å². The summed E-state index contributed by atoms with van der Waals surface area (Å²) in [4.78, 5) is 0. The van der Waals surface area contributed by atoms with Crippen LogP contribution in [-0.2, 0) is 0 Å². The van der Waals surface area contributed by atoms with Crippen molar-refractivity contribution in [1.29, 1.82) is 0 Å². The van der Waals surface area contributed by atoms with Crippen molar-refractivity contribution in [2.45, 2.75) is 19.9 Å². The monoisotopic (exact) mass is 289 g/mol. The highest BCUT2D eigenvalue weighted by Gasteiger charge is 2.12. The Bertz CT molecular complexity index is 628. The van der Waals surface area contributed by atoms with Crippen LogP contribution in [0.15, 0.2) is 36.4 Å². The molecule has 1 atom stereocenters. The SMILES string of the molecule is COc1cc(NC(C)c2ccc(C)cc2OC)ccc1F. The minimum atomic E-state index is -0.372. The van der Waals surface area contributed by atoms with E-state index in [1.54, 1.807) is 19.2 Å². The lowest BCUT2D eigenvalue weighted by molar-refractivity contribution is 0.386. The number of benzene rings is 2. The standard InChI is InChI=1S/C17H20FNO2/c1-11-5-7-14(16(9-11)20-3)12(2)19-13-6-8-15(18)17(10-13)21-4/h5-10,12,19H,1-4H3. The Kier molecular flexibility index (Phi) is 4.68. The number of halogens is 1. The zero-order chi connectivity index (χ0) is 15.4. The molecule has 2 aromatic rings. The molecule has 0 saturated heterocycles. The third-order valence-corrected chi connectivity index (χ3v) is 3.39. The third-order valence-electron chi connectivity index (χ3n) is 3.39. The molecule has 2 aromatic carbocycles. The fourth-order valence-electron chi connectivity index (χ4n) is 2.25. The summed E-state index contributed by atoms with van der Waals surface area (Å²) in [6.45, 7) is 4.05. The molecule has 0 amide bonds. The van der Waals surface area contributed by atoms with Crippen LogP contribution in [0.5, 0.6) is 11.5 Å². The second kappa shape index (κ2) is 6.48. The zero-order valence-electron chi connectivity index (χ0n) is 12.7. The Morgan fingerprint density at radius 3 is 2.38 bits per heavy atom. The van der Waals surface area contributed by atoms with Gasteiger partial charge in [-0.05, 0) is 37.6 Å². The highest BCUT2D eigenvalue weighted by atomic mass is 19.1. The van der Waals surface area contributed by atoms with Crippen LogP contribution in [0.3, 0.4) is 0 Å². The summed E-state index contributed by atoms with van der Waals surface area (Å²) in [5.41, 5.74) is 2.99. The first-order valence-corrected chi connectivity index (χ1v) is 6.79. The van der Waals surface area contributed by atoms with Gasteiger partial charge in [-0.25, -0.2) is 4.39 Å². The summed E-state index contributed by atoms with van der Waals surface area (Å²) in [6.07, 6.45) is 0. The molecule has 21 heavy (non-hydrogen) atoms. The maximum atomic E-state index is 13.4. The van der Waals surface area contributed by atoms with E-state index >= 15 is 0 Å². The van der Waals surface area contributed by atoms with Gasteiger partial charge in [-0.1, -0.05) is 12.1 Å². The normalized spacial score (nSPS) is 11.9. The van der Waals surface area contributed by atoms with Gasteiger partial charge in [-0.15, -0.1) is 0 Å². The molecule has 0 aliphatic carbocycles. The van der Waals surface area contributed by atoms with Crippen molar-refractivity contribution in [1.82, 2.24) is 0 Å². The number of methoxy groups -OCH3 is 2. The Morgan fingerprint density at radius 2 is 1.71 bits per heavy atom. The van der Waals surface area contributed by atoms with Crippen LogP contribution in [0, 0.1) is 12.7 Å². The minimum absolute atomic E-state index is 0.0238. The van der Waals surface area contributed by atoms with Gasteiger partial charge in [0.2, 0.25) is 0 Å². The second-order valence-corrected chi connectivity index (χ2v) is 4.96. The van der Waals surface area contributed by atoms with Crippen molar-refractivity contribution in [3.05, 3.63) is 53.3 Å². The van der Waals surface area contributed by atoms with Crippen molar-refractivity contribution in [3.63, 3.8) is 0 Å². The van der Waals surface area contributed by atoms with E-state index < -0.39 is 0 Å². The average Bonchev–Trinajstić information content (AvgIpc) is 2.48. The smallest absolute Gasteiger partial charge is 0.165 e. The molecule has 0 bridgehead atoms. The summed E-state index contributed by atoms with van der Waals surface area (Å²) < 4.78 is 23.8. The van der Waals surface area contributed by atoms with Gasteiger partial charge in [0.25, 0.3) is 0 Å². The molecule has 0 radical (unpaired) electrons. The summed E-state index contributed by atoms with van der Waals surface area (Å²) in [6, 6.07) is 10.8. The minimum Gasteiger partial charge on any atom is -0.496 e. The van der Waals surface area contributed by atoms with Crippen molar-refractivity contribution in [2.75, 3.05) is 19.5 Å². The molecular formula is C17H20FNO2. The van der Waals surface area contributed by atoms with Gasteiger partial charge >= 0.3 is 0 Å². The van der Waals surface area contributed by atoms with Gasteiger partial charge in [-0.2, -0.15) is 0 Å². The van der Waals surface area contributed by atoms with Crippen LogP contribution in [0.25, 0.3) is 0 Å². The van der Waals surface area contributed by atoms with Crippen molar-refractivity contribution in [3.8, 4) is 11.5 Å². The number of hydrogen-bond donors (Lipinski definition) is 1. The topological polar surface area (TPSA) is 30.5 Å². The highest BCUT2D eigenvalue weighted by Crippen LogP contribution is 2.30. The fraction of sp³-hybridized carbons (Fsp3) is 0.294. The van der Waals surface area contributed by atoms with Gasteiger partial charge in [0, 0.05) is 17.3 Å². The number of anilines is 1. The Morgan fingerprint density at radius 1 is 1.00 bits per heavy atom. The van der Waals surface area contributed by atoms with E-state index in [1.165, 1.54) is 13.2 Å². The largest absolute Gasteiger partial charge is 0.496 e. The van der Waals surface area contributed by atoms with E-state index in [0.717, 1.165) is 22.6 Å². The first-order chi connectivity index (χ1) is 10.0. The van der Waals surface area contributed by atoms with E-state index in [9.17, 15) is 4.39 Å². The van der Waals surface area contributed by atoms with Crippen LogP contribution >= 0.6 is 0 Å². The maximum absolute atomic E-state index is 13.4. The van der Waals surface area contributed by atoms with Gasteiger partial charge in [-0.3, -0.25) is 0 Å². The van der Waals surface area contributed by atoms with Crippen LogP contribution in [-0.4, -0.2) is 14.2 Å². The zero-order valence-corrected chi connectivity index (χ0v) is 12.7. The quantitative estimate of drug-likeness (QED) is 0.889. The lowest BCUT2D eigenvalue weighted by Crippen LogP contribution is -2.08. The van der Waals surface area contributed by atoms with Gasteiger partial charge < -0.3 is 14.8 Å². The molecule has 0 heterocycles. The Balaban J connectivity index is 2.23. The molecule has 0 spiro atoms. The van der Waals surface area contributed by atoms with Crippen LogP contribution in [0.4, 0.5) is 10.1 Å². The van der Waals surface area contributed by atoms with Crippen LogP contribution < -0.4 is 14.8 Å². The summed E-state index contributed by atoms with van der Waals surface area (Å²) >= 11 is 0. The third kappa shape index (κ3) is 3.45. The van der Waals surface area contributed by atoms with Gasteiger partial charge in [0.1, 0.15) is 5.75 Å². The molecule has 0 aromatic heterocycles. The van der Waals surface area contributed by atoms with Crippen LogP contribution in [0.2, 0.25) is 0 Å². The molecule has 4 heteroatoms. The summed E-state index contributed by atoms with van der Waals surface area (Å²) in [5, 5.41) is 3.33. The molecule has 0 aliphatic heterocycles. The number of ether oxygens (including phenoxy) is 2. The van der Waals surface area contributed by atoms with E-state index in [4.69, 9.17) is 9.47 Å². The Labute approximate surface area is 124 Å². The predicted molar refractivity (Wildman–Crippen MR) is 82.7 cm³/mol. The van der Waals surface area contributed by atoms with Crippen LogP contribution in [0.1, 0.15) is 24.1 Å². The fourth-order valence-corrected chi connectivity index (χ4v) is 2.25. The number of nitrogens with one attached hydrogen (secondary N) is 1. The Hall–Kier alpha value is -2.23. The molecule has 2 rings (SSSR count). The van der Waals surface area contributed by atoms with Gasteiger partial charge in [0.15, 0.2) is 11.6 Å². The molecule has 0 saturated carbocycles. The number of hydrogen-bond acceptors (Lipinski definition) is 3. The molecule has 1 unspecified atom stereocenters.